The molecular formula is C34H34O4. The molecule has 2 unspecified atom stereocenters. The van der Waals surface area contributed by atoms with Crippen LogP contribution in [0.25, 0.3) is 0 Å². The topological polar surface area (TPSA) is 80.9 Å². The van der Waals surface area contributed by atoms with E-state index in [1.807, 2.05) is 49.4 Å². The lowest BCUT2D eigenvalue weighted by Gasteiger charge is -2.23. The molecule has 0 saturated carbocycles. The Balaban J connectivity index is 2.13. The van der Waals surface area contributed by atoms with E-state index in [0.717, 1.165) is 33.4 Å². The normalized spacial score (nSPS) is 14.3. The van der Waals surface area contributed by atoms with Gasteiger partial charge in [-0.3, -0.25) is 0 Å². The number of aliphatic hydroxyl groups excluding tert-OH is 2. The highest BCUT2D eigenvalue weighted by Crippen LogP contribution is 2.37. The first-order valence-electron chi connectivity index (χ1n) is 12.3. The van der Waals surface area contributed by atoms with Gasteiger partial charge in [0, 0.05) is 11.8 Å². The van der Waals surface area contributed by atoms with E-state index in [-0.39, 0.29) is 34.9 Å². The summed E-state index contributed by atoms with van der Waals surface area (Å²) in [5, 5.41) is 39.0. The van der Waals surface area contributed by atoms with Gasteiger partial charge in [-0.1, -0.05) is 86.0 Å². The van der Waals surface area contributed by atoms with E-state index in [1.54, 1.807) is 49.4 Å². The van der Waals surface area contributed by atoms with Gasteiger partial charge in [-0.25, -0.2) is 0 Å². The minimum absolute atomic E-state index is 0.0307. The molecule has 0 amide bonds. The van der Waals surface area contributed by atoms with Crippen molar-refractivity contribution in [2.75, 3.05) is 0 Å². The second-order valence-electron chi connectivity index (χ2n) is 9.01. The maximum atomic E-state index is 9.84. The number of hydrogen-bond acceptors (Lipinski definition) is 4. The Morgan fingerprint density at radius 3 is 1.39 bits per heavy atom. The van der Waals surface area contributed by atoms with E-state index in [1.165, 1.54) is 0 Å². The molecule has 4 heteroatoms. The molecule has 0 saturated heterocycles. The van der Waals surface area contributed by atoms with Crippen molar-refractivity contribution in [1.82, 2.24) is 0 Å². The zero-order valence-electron chi connectivity index (χ0n) is 21.8. The standard InChI is InChI=1S/C34H34O4/c1-5-25(9-7-23(3)35)33(29-15-19-31(37)20-16-29)27-11-13-28(14-12-27)34(26(6-2)10-8-24(4)36)30-17-21-32(38)22-18-30/h5-22,33-38H,1,4H2,2-3H3/b10-8-,23-7+,25-9+,26-6+. The highest BCUT2D eigenvalue weighted by atomic mass is 16.3. The average Bonchev–Trinajstić information content (AvgIpc) is 2.90. The van der Waals surface area contributed by atoms with Crippen LogP contribution in [-0.2, 0) is 0 Å². The van der Waals surface area contributed by atoms with E-state index in [4.69, 9.17) is 0 Å². The summed E-state index contributed by atoms with van der Waals surface area (Å²) in [6, 6.07) is 22.4. The zero-order valence-corrected chi connectivity index (χ0v) is 21.8. The second-order valence-corrected chi connectivity index (χ2v) is 9.01. The van der Waals surface area contributed by atoms with Crippen LogP contribution >= 0.6 is 0 Å². The second kappa shape index (κ2) is 13.0. The molecule has 0 aliphatic carbocycles. The molecule has 2 atom stereocenters. The third-order valence-electron chi connectivity index (χ3n) is 6.28. The lowest BCUT2D eigenvalue weighted by atomic mass is 9.81. The molecule has 0 fully saturated rings. The van der Waals surface area contributed by atoms with Crippen molar-refractivity contribution in [3.8, 4) is 11.5 Å². The third kappa shape index (κ3) is 7.17. The monoisotopic (exact) mass is 506 g/mol. The van der Waals surface area contributed by atoms with Gasteiger partial charge in [0.15, 0.2) is 0 Å². The molecule has 0 heterocycles. The van der Waals surface area contributed by atoms with Crippen LogP contribution in [0.5, 0.6) is 11.5 Å². The van der Waals surface area contributed by atoms with Crippen LogP contribution in [0.4, 0.5) is 0 Å². The summed E-state index contributed by atoms with van der Waals surface area (Å²) in [6.45, 7) is 11.1. The highest BCUT2D eigenvalue weighted by molar-refractivity contribution is 5.51. The summed E-state index contributed by atoms with van der Waals surface area (Å²) in [4.78, 5) is 0. The van der Waals surface area contributed by atoms with E-state index in [9.17, 15) is 20.4 Å². The first kappa shape index (κ1) is 27.9. The minimum atomic E-state index is -0.177. The van der Waals surface area contributed by atoms with Crippen LogP contribution in [-0.4, -0.2) is 20.4 Å². The fraction of sp³-hybridized carbons (Fsp3) is 0.118. The van der Waals surface area contributed by atoms with Gasteiger partial charge in [0.05, 0.1) is 5.76 Å². The van der Waals surface area contributed by atoms with Crippen molar-refractivity contribution < 1.29 is 20.4 Å². The van der Waals surface area contributed by atoms with Crippen LogP contribution in [0.15, 0.2) is 145 Å². The van der Waals surface area contributed by atoms with Gasteiger partial charge in [-0.15, -0.1) is 0 Å². The predicted molar refractivity (Wildman–Crippen MR) is 156 cm³/mol. The Morgan fingerprint density at radius 2 is 1.05 bits per heavy atom. The largest absolute Gasteiger partial charge is 0.513 e. The number of aromatic hydroxyl groups is 2. The molecule has 4 nitrogen and oxygen atoms in total. The van der Waals surface area contributed by atoms with Crippen LogP contribution in [0, 0.1) is 0 Å². The fourth-order valence-corrected chi connectivity index (χ4v) is 4.42. The molecular weight excluding hydrogens is 472 g/mol. The Labute approximate surface area is 224 Å². The molecule has 0 aliphatic rings. The maximum Gasteiger partial charge on any atom is 0.115 e. The van der Waals surface area contributed by atoms with Crippen LogP contribution in [0.3, 0.4) is 0 Å². The molecule has 3 aromatic carbocycles. The average molecular weight is 507 g/mol. The van der Waals surface area contributed by atoms with Crippen molar-refractivity contribution in [3.05, 3.63) is 167 Å². The highest BCUT2D eigenvalue weighted by Gasteiger charge is 2.21. The lowest BCUT2D eigenvalue weighted by molar-refractivity contribution is 0.414. The first-order valence-corrected chi connectivity index (χ1v) is 12.3. The minimum Gasteiger partial charge on any atom is -0.513 e. The third-order valence-corrected chi connectivity index (χ3v) is 6.28. The van der Waals surface area contributed by atoms with Gasteiger partial charge in [0.1, 0.15) is 17.3 Å². The molecule has 0 aliphatic heterocycles. The molecule has 0 aromatic heterocycles. The van der Waals surface area contributed by atoms with Crippen LogP contribution in [0.2, 0.25) is 0 Å². The summed E-state index contributed by atoms with van der Waals surface area (Å²) in [5.74, 6) is 0.217. The summed E-state index contributed by atoms with van der Waals surface area (Å²) in [5.41, 5.74) is 5.86. The van der Waals surface area contributed by atoms with Crippen molar-refractivity contribution in [2.45, 2.75) is 25.7 Å². The molecule has 0 radical (unpaired) electrons. The van der Waals surface area contributed by atoms with E-state index in [2.05, 4.69) is 37.4 Å². The molecule has 4 N–H and O–H groups in total. The smallest absolute Gasteiger partial charge is 0.115 e. The quantitative estimate of drug-likeness (QED) is 0.164. The Hall–Kier alpha value is -4.70. The van der Waals surface area contributed by atoms with E-state index < -0.39 is 0 Å². The van der Waals surface area contributed by atoms with Crippen LogP contribution < -0.4 is 0 Å². The predicted octanol–water partition coefficient (Wildman–Crippen LogP) is 8.51. The number of allylic oxidation sites excluding steroid dienone is 9. The maximum absolute atomic E-state index is 9.84. The van der Waals surface area contributed by atoms with Crippen LogP contribution in [0.1, 0.15) is 47.9 Å². The van der Waals surface area contributed by atoms with E-state index in [0.29, 0.717) is 0 Å². The molecule has 194 valence electrons. The number of rotatable bonds is 10. The Kier molecular flexibility index (Phi) is 9.55. The van der Waals surface area contributed by atoms with Gasteiger partial charge in [-0.2, -0.15) is 0 Å². The Bertz CT molecular complexity index is 1370. The molecule has 3 rings (SSSR count). The van der Waals surface area contributed by atoms with Gasteiger partial charge in [-0.05, 0) is 83.7 Å². The summed E-state index contributed by atoms with van der Waals surface area (Å²) in [6.07, 6.45) is 10.7. The summed E-state index contributed by atoms with van der Waals surface area (Å²) in [7, 11) is 0. The fourth-order valence-electron chi connectivity index (χ4n) is 4.42. The van der Waals surface area contributed by atoms with Gasteiger partial charge < -0.3 is 20.4 Å². The number of phenolic OH excluding ortho intramolecular Hbond substituents is 2. The number of aliphatic hydroxyl groups is 2. The number of hydrogen-bond donors (Lipinski definition) is 4. The lowest BCUT2D eigenvalue weighted by Crippen LogP contribution is -2.07. The van der Waals surface area contributed by atoms with Crippen molar-refractivity contribution >= 4 is 0 Å². The molecule has 0 spiro atoms. The van der Waals surface area contributed by atoms with E-state index >= 15 is 0 Å². The van der Waals surface area contributed by atoms with Gasteiger partial charge in [0.25, 0.3) is 0 Å². The SMILES string of the molecule is C=C/C(=C\C=C(/C)O)C(c1ccc(O)cc1)c1ccc(C(C(/C=C\C(=C)O)=C/C)c2ccc(O)cc2)cc1. The van der Waals surface area contributed by atoms with Gasteiger partial charge in [0.2, 0.25) is 0 Å². The summed E-state index contributed by atoms with van der Waals surface area (Å²) < 4.78 is 0. The summed E-state index contributed by atoms with van der Waals surface area (Å²) >= 11 is 0. The molecule has 0 bridgehead atoms. The number of phenols is 2. The zero-order chi connectivity index (χ0) is 27.7. The van der Waals surface area contributed by atoms with Gasteiger partial charge >= 0.3 is 0 Å². The number of benzene rings is 3. The van der Waals surface area contributed by atoms with Crippen molar-refractivity contribution in [3.63, 3.8) is 0 Å². The molecule has 3 aromatic rings. The van der Waals surface area contributed by atoms with Crippen molar-refractivity contribution in [2.24, 2.45) is 0 Å². The Morgan fingerprint density at radius 1 is 0.658 bits per heavy atom. The molecule has 38 heavy (non-hydrogen) atoms. The van der Waals surface area contributed by atoms with Crippen molar-refractivity contribution in [1.29, 1.82) is 0 Å². The first-order chi connectivity index (χ1) is 18.2.